The molecule has 0 aliphatic rings. The average Bonchev–Trinajstić information content (AvgIpc) is 3.00. The first-order valence-corrected chi connectivity index (χ1v) is 9.72. The lowest BCUT2D eigenvalue weighted by atomic mass is 9.86. The Morgan fingerprint density at radius 1 is 1.04 bits per heavy atom. The number of rotatable bonds is 5. The van der Waals surface area contributed by atoms with E-state index < -0.39 is 0 Å². The molecule has 3 aromatic rings. The molecule has 0 unspecified atom stereocenters. The predicted octanol–water partition coefficient (Wildman–Crippen LogP) is 4.75. The molecule has 28 heavy (non-hydrogen) atoms. The molecule has 0 bridgehead atoms. The first kappa shape index (κ1) is 20.1. The van der Waals surface area contributed by atoms with Crippen LogP contribution in [0.4, 0.5) is 0 Å². The van der Waals surface area contributed by atoms with Crippen molar-refractivity contribution in [2.75, 3.05) is 14.2 Å². The molecule has 7 heteroatoms. The summed E-state index contributed by atoms with van der Waals surface area (Å²) in [6.45, 7) is 8.18. The Morgan fingerprint density at radius 3 is 2.39 bits per heavy atom. The number of phenols is 1. The van der Waals surface area contributed by atoms with E-state index in [9.17, 15) is 5.11 Å². The van der Waals surface area contributed by atoms with E-state index in [2.05, 4.69) is 31.1 Å². The molecule has 1 aromatic heterocycles. The topological polar surface area (TPSA) is 69.4 Å². The van der Waals surface area contributed by atoms with Crippen molar-refractivity contribution in [2.45, 2.75) is 43.0 Å². The van der Waals surface area contributed by atoms with E-state index in [0.717, 1.165) is 26.9 Å². The highest BCUT2D eigenvalue weighted by Gasteiger charge is 2.20. The zero-order chi connectivity index (χ0) is 20.5. The molecule has 3 rings (SSSR count). The molecule has 1 heterocycles. The fourth-order valence-electron chi connectivity index (χ4n) is 2.92. The monoisotopic (exact) mass is 399 g/mol. The lowest BCUT2D eigenvalue weighted by Gasteiger charge is -2.20. The van der Waals surface area contributed by atoms with Crippen LogP contribution in [0.15, 0.2) is 46.3 Å². The Kier molecular flexibility index (Phi) is 5.56. The van der Waals surface area contributed by atoms with E-state index >= 15 is 0 Å². The third-order valence-corrected chi connectivity index (χ3v) is 5.52. The second kappa shape index (κ2) is 7.75. The number of hydrogen-bond donors (Lipinski definition) is 1. The molecule has 0 saturated heterocycles. The van der Waals surface area contributed by atoms with Gasteiger partial charge >= 0.3 is 0 Å². The van der Waals surface area contributed by atoms with Gasteiger partial charge in [-0.3, -0.25) is 0 Å². The Hall–Kier alpha value is -2.67. The summed E-state index contributed by atoms with van der Waals surface area (Å²) in [7, 11) is 3.24. The summed E-state index contributed by atoms with van der Waals surface area (Å²) >= 11 is 1.46. The number of phenolic OH excluding ortho intramolecular Hbond substituents is 1. The van der Waals surface area contributed by atoms with Gasteiger partial charge in [-0.05, 0) is 42.2 Å². The van der Waals surface area contributed by atoms with Gasteiger partial charge in [0.05, 0.1) is 19.9 Å². The van der Waals surface area contributed by atoms with E-state index in [1.54, 1.807) is 25.0 Å². The molecule has 1 N–H and O–H groups in total. The molecule has 0 fully saturated rings. The van der Waals surface area contributed by atoms with E-state index in [4.69, 9.17) is 9.47 Å². The Labute approximate surface area is 169 Å². The second-order valence-electron chi connectivity index (χ2n) is 7.46. The van der Waals surface area contributed by atoms with Crippen molar-refractivity contribution in [3.63, 3.8) is 0 Å². The molecule has 0 saturated carbocycles. The molecule has 0 atom stereocenters. The minimum Gasteiger partial charge on any atom is -0.508 e. The highest BCUT2D eigenvalue weighted by Crippen LogP contribution is 2.37. The van der Waals surface area contributed by atoms with E-state index in [-0.39, 0.29) is 11.2 Å². The molecular formula is C21H25N3O3S. The zero-order valence-electron chi connectivity index (χ0n) is 17.0. The standard InChI is InChI=1S/C21H25N3O3S/c1-13-20(28-15-8-9-16(18(25)12-15)21(2,3)4)22-23-24(13)17-11-14(26-5)7-10-19(17)27-6/h7-12,25H,1-6H3. The van der Waals surface area contributed by atoms with Gasteiger partial charge in [0.15, 0.2) is 0 Å². The van der Waals surface area contributed by atoms with E-state index in [1.165, 1.54) is 11.8 Å². The largest absolute Gasteiger partial charge is 0.508 e. The summed E-state index contributed by atoms with van der Waals surface area (Å²) < 4.78 is 12.5. The van der Waals surface area contributed by atoms with Crippen molar-refractivity contribution in [1.82, 2.24) is 15.0 Å². The SMILES string of the molecule is COc1ccc(OC)c(-n2nnc(Sc3ccc(C(C)(C)C)c(O)c3)c2C)c1. The van der Waals surface area contributed by atoms with Crippen LogP contribution >= 0.6 is 11.8 Å². The van der Waals surface area contributed by atoms with Gasteiger partial charge < -0.3 is 14.6 Å². The van der Waals surface area contributed by atoms with Crippen molar-refractivity contribution in [3.05, 3.63) is 47.7 Å². The number of nitrogens with zero attached hydrogens (tertiary/aromatic N) is 3. The number of ether oxygens (including phenoxy) is 2. The zero-order valence-corrected chi connectivity index (χ0v) is 17.8. The molecule has 0 spiro atoms. The van der Waals surface area contributed by atoms with Gasteiger partial charge in [-0.25, -0.2) is 4.68 Å². The highest BCUT2D eigenvalue weighted by atomic mass is 32.2. The van der Waals surface area contributed by atoms with Crippen LogP contribution in [0.25, 0.3) is 5.69 Å². The average molecular weight is 400 g/mol. The van der Waals surface area contributed by atoms with Crippen LogP contribution in [0.3, 0.4) is 0 Å². The Bertz CT molecular complexity index is 993. The maximum absolute atomic E-state index is 10.4. The van der Waals surface area contributed by atoms with Crippen LogP contribution in [0.2, 0.25) is 0 Å². The Balaban J connectivity index is 1.94. The van der Waals surface area contributed by atoms with Gasteiger partial charge in [0.2, 0.25) is 0 Å². The number of aromatic hydroxyl groups is 1. The quantitative estimate of drug-likeness (QED) is 0.668. The fourth-order valence-corrected chi connectivity index (χ4v) is 3.76. The summed E-state index contributed by atoms with van der Waals surface area (Å²) in [6, 6.07) is 11.3. The van der Waals surface area contributed by atoms with E-state index in [1.807, 2.05) is 37.3 Å². The second-order valence-corrected chi connectivity index (χ2v) is 8.52. The van der Waals surface area contributed by atoms with Crippen LogP contribution in [-0.2, 0) is 5.41 Å². The van der Waals surface area contributed by atoms with Gasteiger partial charge in [-0.2, -0.15) is 0 Å². The first-order chi connectivity index (χ1) is 13.2. The molecule has 0 amide bonds. The normalized spacial score (nSPS) is 11.5. The van der Waals surface area contributed by atoms with Gasteiger partial charge in [0.25, 0.3) is 0 Å². The summed E-state index contributed by atoms with van der Waals surface area (Å²) in [5.41, 5.74) is 2.42. The van der Waals surface area contributed by atoms with Crippen LogP contribution in [0, 0.1) is 6.92 Å². The van der Waals surface area contributed by atoms with Gasteiger partial charge in [-0.15, -0.1) is 5.10 Å². The third kappa shape index (κ3) is 3.94. The van der Waals surface area contributed by atoms with Crippen molar-refractivity contribution in [2.24, 2.45) is 0 Å². The number of hydrogen-bond acceptors (Lipinski definition) is 6. The summed E-state index contributed by atoms with van der Waals surface area (Å²) in [5.74, 6) is 1.68. The first-order valence-electron chi connectivity index (χ1n) is 8.90. The molecule has 2 aromatic carbocycles. The third-order valence-electron chi connectivity index (χ3n) is 4.46. The summed E-state index contributed by atoms with van der Waals surface area (Å²) in [5, 5.41) is 19.8. The maximum atomic E-state index is 10.4. The van der Waals surface area contributed by atoms with E-state index in [0.29, 0.717) is 11.5 Å². The van der Waals surface area contributed by atoms with Gasteiger partial charge in [0.1, 0.15) is 28.0 Å². The van der Waals surface area contributed by atoms with Crippen LogP contribution in [0.5, 0.6) is 17.2 Å². The number of benzene rings is 2. The van der Waals surface area contributed by atoms with Gasteiger partial charge in [-0.1, -0.05) is 43.8 Å². The maximum Gasteiger partial charge on any atom is 0.147 e. The molecule has 0 aliphatic carbocycles. The minimum absolute atomic E-state index is 0.116. The lowest BCUT2D eigenvalue weighted by molar-refractivity contribution is 0.400. The van der Waals surface area contributed by atoms with Crippen molar-refractivity contribution in [3.8, 4) is 22.9 Å². The van der Waals surface area contributed by atoms with Crippen LogP contribution in [-0.4, -0.2) is 34.3 Å². The smallest absolute Gasteiger partial charge is 0.147 e. The summed E-state index contributed by atoms with van der Waals surface area (Å²) in [4.78, 5) is 0.901. The van der Waals surface area contributed by atoms with Crippen LogP contribution in [0.1, 0.15) is 32.0 Å². The molecular weight excluding hydrogens is 374 g/mol. The predicted molar refractivity (Wildman–Crippen MR) is 110 cm³/mol. The molecule has 148 valence electrons. The molecule has 6 nitrogen and oxygen atoms in total. The van der Waals surface area contributed by atoms with Crippen LogP contribution < -0.4 is 9.47 Å². The summed E-state index contributed by atoms with van der Waals surface area (Å²) in [6.07, 6.45) is 0. The molecule has 0 aliphatic heterocycles. The van der Waals surface area contributed by atoms with Crippen molar-refractivity contribution >= 4 is 11.8 Å². The molecule has 0 radical (unpaired) electrons. The number of methoxy groups -OCH3 is 2. The van der Waals surface area contributed by atoms with Crippen molar-refractivity contribution in [1.29, 1.82) is 0 Å². The van der Waals surface area contributed by atoms with Gasteiger partial charge in [0, 0.05) is 11.0 Å². The fraction of sp³-hybridized carbons (Fsp3) is 0.333. The highest BCUT2D eigenvalue weighted by molar-refractivity contribution is 7.99. The lowest BCUT2D eigenvalue weighted by Crippen LogP contribution is -2.11. The number of aromatic nitrogens is 3. The Morgan fingerprint density at radius 2 is 1.79 bits per heavy atom. The van der Waals surface area contributed by atoms with Crippen molar-refractivity contribution < 1.29 is 14.6 Å². The minimum atomic E-state index is -0.116.